The Kier molecular flexibility index (Phi) is 6.52. The molecule has 0 radical (unpaired) electrons. The summed E-state index contributed by atoms with van der Waals surface area (Å²) in [5, 5.41) is 12.8. The van der Waals surface area contributed by atoms with Gasteiger partial charge in [0.25, 0.3) is 0 Å². The standard InChI is InChI=1S/C16H15NO4S.C2H6/c1-20-16(19)10-3-4-11-13(9-10)17-15(21-7-2-6-18)12-5-8-22-14(11)12;1-2/h3-5,8-9,18H,2,6-7H2,1H3;1-2H3. The van der Waals surface area contributed by atoms with Crippen LogP contribution in [0.1, 0.15) is 30.6 Å². The number of benzene rings is 1. The van der Waals surface area contributed by atoms with Gasteiger partial charge in [-0.1, -0.05) is 19.9 Å². The van der Waals surface area contributed by atoms with E-state index in [4.69, 9.17) is 14.6 Å². The van der Waals surface area contributed by atoms with Gasteiger partial charge in [0.05, 0.1) is 30.2 Å². The lowest BCUT2D eigenvalue weighted by Gasteiger charge is -2.09. The van der Waals surface area contributed by atoms with E-state index in [-0.39, 0.29) is 6.61 Å². The largest absolute Gasteiger partial charge is 0.477 e. The van der Waals surface area contributed by atoms with Gasteiger partial charge < -0.3 is 14.6 Å². The Hall–Kier alpha value is -2.18. The number of aliphatic hydroxyl groups excluding tert-OH is 1. The Morgan fingerprint density at radius 2 is 2.04 bits per heavy atom. The summed E-state index contributed by atoms with van der Waals surface area (Å²) in [4.78, 5) is 16.2. The average molecular weight is 347 g/mol. The molecule has 0 saturated carbocycles. The number of pyridine rings is 1. The molecule has 2 aromatic heterocycles. The number of fused-ring (bicyclic) bond motifs is 3. The maximum absolute atomic E-state index is 11.7. The zero-order valence-corrected chi connectivity index (χ0v) is 14.9. The minimum absolute atomic E-state index is 0.0762. The molecule has 3 rings (SSSR count). The molecule has 1 N–H and O–H groups in total. The fourth-order valence-corrected chi connectivity index (χ4v) is 3.18. The van der Waals surface area contributed by atoms with Crippen LogP contribution in [0.15, 0.2) is 29.6 Å². The molecule has 6 heteroatoms. The molecule has 5 nitrogen and oxygen atoms in total. The van der Waals surface area contributed by atoms with E-state index in [1.807, 2.05) is 31.4 Å². The van der Waals surface area contributed by atoms with E-state index in [0.29, 0.717) is 30.0 Å². The van der Waals surface area contributed by atoms with Crippen LogP contribution >= 0.6 is 11.3 Å². The first-order chi connectivity index (χ1) is 11.7. The van der Waals surface area contributed by atoms with E-state index in [0.717, 1.165) is 15.5 Å². The number of rotatable bonds is 5. The zero-order valence-electron chi connectivity index (χ0n) is 14.0. The van der Waals surface area contributed by atoms with Crippen molar-refractivity contribution in [2.45, 2.75) is 20.3 Å². The average Bonchev–Trinajstić information content (AvgIpc) is 3.12. The van der Waals surface area contributed by atoms with E-state index >= 15 is 0 Å². The zero-order chi connectivity index (χ0) is 17.5. The molecule has 0 amide bonds. The van der Waals surface area contributed by atoms with E-state index in [2.05, 4.69) is 4.98 Å². The number of methoxy groups -OCH3 is 1. The highest BCUT2D eigenvalue weighted by atomic mass is 32.1. The molecule has 0 unspecified atom stereocenters. The second-order valence-electron chi connectivity index (χ2n) is 4.73. The van der Waals surface area contributed by atoms with Crippen LogP contribution in [-0.2, 0) is 4.74 Å². The third kappa shape index (κ3) is 3.66. The molecule has 0 aliphatic heterocycles. The molecular formula is C18H21NO4S. The van der Waals surface area contributed by atoms with Gasteiger partial charge >= 0.3 is 5.97 Å². The Morgan fingerprint density at radius 1 is 1.25 bits per heavy atom. The Balaban J connectivity index is 0.00000100. The highest BCUT2D eigenvalue weighted by molar-refractivity contribution is 7.18. The third-order valence-electron chi connectivity index (χ3n) is 3.32. The summed E-state index contributed by atoms with van der Waals surface area (Å²) in [5.74, 6) is 0.136. The normalized spacial score (nSPS) is 10.3. The lowest BCUT2D eigenvalue weighted by atomic mass is 10.1. The molecule has 24 heavy (non-hydrogen) atoms. The highest BCUT2D eigenvalue weighted by Crippen LogP contribution is 2.35. The summed E-state index contributed by atoms with van der Waals surface area (Å²) in [6.07, 6.45) is 0.549. The number of hydrogen-bond acceptors (Lipinski definition) is 6. The van der Waals surface area contributed by atoms with Crippen molar-refractivity contribution in [1.29, 1.82) is 0 Å². The van der Waals surface area contributed by atoms with Crippen molar-refractivity contribution >= 4 is 38.3 Å². The van der Waals surface area contributed by atoms with Crippen LogP contribution in [0.4, 0.5) is 0 Å². The number of carbonyl (C=O) groups excluding carboxylic acids is 1. The van der Waals surface area contributed by atoms with Crippen molar-refractivity contribution in [3.8, 4) is 5.88 Å². The number of esters is 1. The number of hydrogen-bond donors (Lipinski definition) is 1. The van der Waals surface area contributed by atoms with Gasteiger partial charge in [-0.25, -0.2) is 9.78 Å². The van der Waals surface area contributed by atoms with E-state index in [1.165, 1.54) is 7.11 Å². The number of aliphatic hydroxyl groups is 1. The molecule has 0 atom stereocenters. The van der Waals surface area contributed by atoms with Gasteiger partial charge in [-0.05, 0) is 23.6 Å². The molecule has 0 bridgehead atoms. The van der Waals surface area contributed by atoms with Gasteiger partial charge in [0.2, 0.25) is 5.88 Å². The van der Waals surface area contributed by atoms with Gasteiger partial charge in [0, 0.05) is 23.1 Å². The summed E-state index contributed by atoms with van der Waals surface area (Å²) in [6.45, 7) is 4.48. The van der Waals surface area contributed by atoms with Crippen LogP contribution in [-0.4, -0.2) is 36.4 Å². The predicted molar refractivity (Wildman–Crippen MR) is 97.0 cm³/mol. The van der Waals surface area contributed by atoms with Crippen LogP contribution in [0, 0.1) is 0 Å². The number of carbonyl (C=O) groups is 1. The first kappa shape index (κ1) is 18.2. The topological polar surface area (TPSA) is 68.7 Å². The van der Waals surface area contributed by atoms with Crippen LogP contribution in [0.5, 0.6) is 5.88 Å². The molecule has 3 aromatic rings. The fourth-order valence-electron chi connectivity index (χ4n) is 2.26. The molecule has 2 heterocycles. The molecule has 0 saturated heterocycles. The summed E-state index contributed by atoms with van der Waals surface area (Å²) in [5.41, 5.74) is 1.15. The molecule has 0 fully saturated rings. The summed E-state index contributed by atoms with van der Waals surface area (Å²) < 4.78 is 11.5. The maximum atomic E-state index is 11.7. The van der Waals surface area contributed by atoms with Crippen molar-refractivity contribution < 1.29 is 19.4 Å². The fraction of sp³-hybridized carbons (Fsp3) is 0.333. The summed E-state index contributed by atoms with van der Waals surface area (Å²) in [6, 6.07) is 7.29. The van der Waals surface area contributed by atoms with Crippen molar-refractivity contribution in [3.05, 3.63) is 35.2 Å². The Morgan fingerprint density at radius 3 is 2.75 bits per heavy atom. The maximum Gasteiger partial charge on any atom is 0.337 e. The third-order valence-corrected chi connectivity index (χ3v) is 4.27. The second-order valence-corrected chi connectivity index (χ2v) is 5.65. The molecule has 0 aliphatic carbocycles. The smallest absolute Gasteiger partial charge is 0.337 e. The number of nitrogens with zero attached hydrogens (tertiary/aromatic N) is 1. The molecule has 0 aliphatic rings. The number of aromatic nitrogens is 1. The minimum atomic E-state index is -0.391. The minimum Gasteiger partial charge on any atom is -0.477 e. The molecular weight excluding hydrogens is 326 g/mol. The van der Waals surface area contributed by atoms with Gasteiger partial charge in [0.1, 0.15) is 0 Å². The van der Waals surface area contributed by atoms with Crippen molar-refractivity contribution in [2.75, 3.05) is 20.3 Å². The Labute approximate surface area is 144 Å². The molecule has 1 aromatic carbocycles. The van der Waals surface area contributed by atoms with E-state index < -0.39 is 5.97 Å². The molecule has 128 valence electrons. The summed E-state index contributed by atoms with van der Waals surface area (Å²) in [7, 11) is 1.35. The molecule has 0 spiro atoms. The van der Waals surface area contributed by atoms with Crippen LogP contribution in [0.2, 0.25) is 0 Å². The van der Waals surface area contributed by atoms with Gasteiger partial charge in [-0.3, -0.25) is 0 Å². The Bertz CT molecular complexity index is 828. The van der Waals surface area contributed by atoms with Crippen LogP contribution < -0.4 is 4.74 Å². The predicted octanol–water partition coefficient (Wildman–Crippen LogP) is 4.02. The van der Waals surface area contributed by atoms with Gasteiger partial charge in [-0.15, -0.1) is 11.3 Å². The van der Waals surface area contributed by atoms with Crippen molar-refractivity contribution in [1.82, 2.24) is 4.98 Å². The monoisotopic (exact) mass is 347 g/mol. The van der Waals surface area contributed by atoms with Crippen molar-refractivity contribution in [3.63, 3.8) is 0 Å². The lowest BCUT2D eigenvalue weighted by Crippen LogP contribution is -2.03. The van der Waals surface area contributed by atoms with E-state index in [9.17, 15) is 4.79 Å². The second kappa shape index (κ2) is 8.61. The quantitative estimate of drug-likeness (QED) is 0.557. The first-order valence-corrected chi connectivity index (χ1v) is 8.75. The van der Waals surface area contributed by atoms with Gasteiger partial charge in [-0.2, -0.15) is 0 Å². The lowest BCUT2D eigenvalue weighted by molar-refractivity contribution is 0.0601. The van der Waals surface area contributed by atoms with Gasteiger partial charge in [0.15, 0.2) is 0 Å². The number of thiophene rings is 1. The van der Waals surface area contributed by atoms with Crippen LogP contribution in [0.3, 0.4) is 0 Å². The van der Waals surface area contributed by atoms with E-state index in [1.54, 1.807) is 23.5 Å². The summed E-state index contributed by atoms with van der Waals surface area (Å²) >= 11 is 1.60. The highest BCUT2D eigenvalue weighted by Gasteiger charge is 2.13. The number of ether oxygens (including phenoxy) is 2. The van der Waals surface area contributed by atoms with Crippen LogP contribution in [0.25, 0.3) is 21.0 Å². The van der Waals surface area contributed by atoms with Crippen molar-refractivity contribution in [2.24, 2.45) is 0 Å². The SMILES string of the molecule is CC.COC(=O)c1ccc2c(c1)nc(OCCCO)c1ccsc12. The first-order valence-electron chi connectivity index (χ1n) is 7.87.